The van der Waals surface area contributed by atoms with Gasteiger partial charge in [-0.15, -0.1) is 0 Å². The fourth-order valence-corrected chi connectivity index (χ4v) is 1.43. The molecule has 0 aromatic carbocycles. The monoisotopic (exact) mass is 215 g/mol. The van der Waals surface area contributed by atoms with Crippen LogP contribution in [0.25, 0.3) is 0 Å². The standard InChI is InChI=1S/C8H10ClN3O2/c9-8-10-2-1-7(12-8)11-5-3-14-4-6(5)13/h1-2,5-6,13H,3-4H2,(H,10,11,12)/t5-,6-/m1/s1. The first-order valence-corrected chi connectivity index (χ1v) is 4.64. The fourth-order valence-electron chi connectivity index (χ4n) is 1.29. The summed E-state index contributed by atoms with van der Waals surface area (Å²) in [5.74, 6) is 0.597. The number of aliphatic hydroxyl groups excluding tert-OH is 1. The lowest BCUT2D eigenvalue weighted by Gasteiger charge is -2.14. The van der Waals surface area contributed by atoms with E-state index in [4.69, 9.17) is 16.3 Å². The topological polar surface area (TPSA) is 67.3 Å². The Morgan fingerprint density at radius 3 is 3.07 bits per heavy atom. The van der Waals surface area contributed by atoms with Gasteiger partial charge in [-0.25, -0.2) is 9.97 Å². The Hall–Kier alpha value is -0.910. The van der Waals surface area contributed by atoms with Gasteiger partial charge in [0.05, 0.1) is 25.4 Å². The van der Waals surface area contributed by atoms with Crippen molar-refractivity contribution in [2.75, 3.05) is 18.5 Å². The summed E-state index contributed by atoms with van der Waals surface area (Å²) in [6.07, 6.45) is 1.06. The first-order chi connectivity index (χ1) is 6.75. The molecule has 1 aliphatic rings. The van der Waals surface area contributed by atoms with E-state index in [9.17, 15) is 5.11 Å². The molecule has 2 atom stereocenters. The third kappa shape index (κ3) is 2.12. The van der Waals surface area contributed by atoms with Crippen LogP contribution in [0.2, 0.25) is 5.28 Å². The Labute approximate surface area is 86.1 Å². The van der Waals surface area contributed by atoms with Crippen LogP contribution < -0.4 is 5.32 Å². The molecular formula is C8H10ClN3O2. The van der Waals surface area contributed by atoms with E-state index in [0.29, 0.717) is 19.0 Å². The molecular weight excluding hydrogens is 206 g/mol. The predicted molar refractivity (Wildman–Crippen MR) is 51.3 cm³/mol. The van der Waals surface area contributed by atoms with Gasteiger partial charge >= 0.3 is 0 Å². The van der Waals surface area contributed by atoms with Crippen molar-refractivity contribution in [1.29, 1.82) is 0 Å². The van der Waals surface area contributed by atoms with E-state index in [2.05, 4.69) is 15.3 Å². The molecule has 14 heavy (non-hydrogen) atoms. The molecule has 76 valence electrons. The van der Waals surface area contributed by atoms with Gasteiger partial charge in [0, 0.05) is 6.20 Å². The van der Waals surface area contributed by atoms with E-state index >= 15 is 0 Å². The smallest absolute Gasteiger partial charge is 0.224 e. The molecule has 1 fully saturated rings. The lowest BCUT2D eigenvalue weighted by Crippen LogP contribution is -2.32. The number of anilines is 1. The average molecular weight is 216 g/mol. The minimum Gasteiger partial charge on any atom is -0.388 e. The number of ether oxygens (including phenoxy) is 1. The molecule has 2 rings (SSSR count). The quantitative estimate of drug-likeness (QED) is 0.695. The van der Waals surface area contributed by atoms with Crippen LogP contribution in [0.1, 0.15) is 0 Å². The maximum Gasteiger partial charge on any atom is 0.224 e. The Balaban J connectivity index is 2.03. The molecule has 2 heterocycles. The molecule has 1 aliphatic heterocycles. The first kappa shape index (κ1) is 9.64. The van der Waals surface area contributed by atoms with Crippen molar-refractivity contribution >= 4 is 17.4 Å². The number of nitrogens with one attached hydrogen (secondary N) is 1. The molecule has 6 heteroatoms. The van der Waals surface area contributed by atoms with Gasteiger partial charge in [-0.05, 0) is 17.7 Å². The second-order valence-corrected chi connectivity index (χ2v) is 3.40. The number of hydrogen-bond acceptors (Lipinski definition) is 5. The van der Waals surface area contributed by atoms with Gasteiger partial charge < -0.3 is 15.2 Å². The minimum absolute atomic E-state index is 0.124. The van der Waals surface area contributed by atoms with E-state index in [1.54, 1.807) is 12.3 Å². The second kappa shape index (κ2) is 4.08. The number of aromatic nitrogens is 2. The molecule has 0 saturated carbocycles. The number of aliphatic hydroxyl groups is 1. The number of rotatable bonds is 2. The van der Waals surface area contributed by atoms with Gasteiger partial charge in [-0.2, -0.15) is 0 Å². The molecule has 5 nitrogen and oxygen atoms in total. The van der Waals surface area contributed by atoms with Gasteiger partial charge in [0.2, 0.25) is 5.28 Å². The molecule has 0 amide bonds. The summed E-state index contributed by atoms with van der Waals surface area (Å²) in [6, 6.07) is 1.57. The highest BCUT2D eigenvalue weighted by molar-refractivity contribution is 6.28. The van der Waals surface area contributed by atoms with Crippen LogP contribution >= 0.6 is 11.6 Å². The Morgan fingerprint density at radius 2 is 2.43 bits per heavy atom. The second-order valence-electron chi connectivity index (χ2n) is 3.07. The molecule has 1 saturated heterocycles. The summed E-state index contributed by atoms with van der Waals surface area (Å²) in [4.78, 5) is 7.70. The van der Waals surface area contributed by atoms with Gasteiger partial charge in [-0.3, -0.25) is 0 Å². The average Bonchev–Trinajstić information content (AvgIpc) is 2.52. The number of nitrogens with zero attached hydrogens (tertiary/aromatic N) is 2. The molecule has 1 aromatic rings. The molecule has 1 aromatic heterocycles. The summed E-state index contributed by atoms with van der Waals surface area (Å²) in [5, 5.41) is 12.7. The highest BCUT2D eigenvalue weighted by atomic mass is 35.5. The predicted octanol–water partition coefficient (Wildman–Crippen LogP) is 0.302. The van der Waals surface area contributed by atoms with Crippen molar-refractivity contribution in [2.45, 2.75) is 12.1 Å². The fraction of sp³-hybridized carbons (Fsp3) is 0.500. The zero-order valence-corrected chi connectivity index (χ0v) is 8.11. The molecule has 2 N–H and O–H groups in total. The Bertz CT molecular complexity index is 323. The van der Waals surface area contributed by atoms with Crippen molar-refractivity contribution in [3.8, 4) is 0 Å². The van der Waals surface area contributed by atoms with Gasteiger partial charge in [0.25, 0.3) is 0 Å². The molecule has 0 spiro atoms. The van der Waals surface area contributed by atoms with Crippen LogP contribution in [-0.4, -0.2) is 40.4 Å². The minimum atomic E-state index is -0.497. The lowest BCUT2D eigenvalue weighted by molar-refractivity contribution is 0.125. The van der Waals surface area contributed by atoms with Crippen molar-refractivity contribution in [2.24, 2.45) is 0 Å². The van der Waals surface area contributed by atoms with E-state index in [1.165, 1.54) is 0 Å². The van der Waals surface area contributed by atoms with E-state index < -0.39 is 6.10 Å². The summed E-state index contributed by atoms with van der Waals surface area (Å²) < 4.78 is 5.08. The van der Waals surface area contributed by atoms with E-state index in [-0.39, 0.29) is 11.3 Å². The lowest BCUT2D eigenvalue weighted by atomic mass is 10.2. The third-order valence-corrected chi connectivity index (χ3v) is 2.19. The van der Waals surface area contributed by atoms with Gasteiger partial charge in [0.15, 0.2) is 0 Å². The Kier molecular flexibility index (Phi) is 2.81. The van der Waals surface area contributed by atoms with Crippen LogP contribution in [0.5, 0.6) is 0 Å². The van der Waals surface area contributed by atoms with Crippen molar-refractivity contribution < 1.29 is 9.84 Å². The summed E-state index contributed by atoms with van der Waals surface area (Å²) >= 11 is 5.61. The maximum absolute atomic E-state index is 9.46. The Morgan fingerprint density at radius 1 is 1.57 bits per heavy atom. The molecule has 0 unspecified atom stereocenters. The summed E-state index contributed by atoms with van der Waals surface area (Å²) in [5.41, 5.74) is 0. The number of hydrogen-bond donors (Lipinski definition) is 2. The third-order valence-electron chi connectivity index (χ3n) is 2.01. The zero-order valence-electron chi connectivity index (χ0n) is 7.35. The van der Waals surface area contributed by atoms with Crippen LogP contribution in [0.4, 0.5) is 5.82 Å². The highest BCUT2D eigenvalue weighted by Crippen LogP contribution is 2.12. The van der Waals surface area contributed by atoms with Crippen LogP contribution in [0, 0.1) is 0 Å². The van der Waals surface area contributed by atoms with Crippen molar-refractivity contribution in [1.82, 2.24) is 9.97 Å². The summed E-state index contributed by atoms with van der Waals surface area (Å²) in [6.45, 7) is 0.833. The molecule has 0 bridgehead atoms. The highest BCUT2D eigenvalue weighted by Gasteiger charge is 2.26. The largest absolute Gasteiger partial charge is 0.388 e. The molecule has 0 radical (unpaired) electrons. The van der Waals surface area contributed by atoms with Crippen LogP contribution in [0.15, 0.2) is 12.3 Å². The first-order valence-electron chi connectivity index (χ1n) is 4.26. The maximum atomic E-state index is 9.46. The number of halogens is 1. The zero-order chi connectivity index (χ0) is 9.97. The SMILES string of the molecule is O[C@@H]1COC[C@H]1Nc1ccnc(Cl)n1. The van der Waals surface area contributed by atoms with Crippen molar-refractivity contribution in [3.63, 3.8) is 0 Å². The van der Waals surface area contributed by atoms with Crippen molar-refractivity contribution in [3.05, 3.63) is 17.5 Å². The van der Waals surface area contributed by atoms with Crippen LogP contribution in [0.3, 0.4) is 0 Å². The van der Waals surface area contributed by atoms with E-state index in [1.807, 2.05) is 0 Å². The normalized spacial score (nSPS) is 26.4. The molecule has 0 aliphatic carbocycles. The van der Waals surface area contributed by atoms with Crippen LogP contribution in [-0.2, 0) is 4.74 Å². The van der Waals surface area contributed by atoms with Gasteiger partial charge in [0.1, 0.15) is 5.82 Å². The van der Waals surface area contributed by atoms with E-state index in [0.717, 1.165) is 0 Å². The van der Waals surface area contributed by atoms with Gasteiger partial charge in [-0.1, -0.05) is 0 Å². The summed E-state index contributed by atoms with van der Waals surface area (Å²) in [7, 11) is 0.